The molecule has 174 valence electrons. The minimum absolute atomic E-state index is 0. The van der Waals surface area contributed by atoms with Crippen LogP contribution in [0.25, 0.3) is 11.2 Å². The topological polar surface area (TPSA) is 290 Å². The Hall–Kier alpha value is 2.64. The van der Waals surface area contributed by atoms with Gasteiger partial charge in [-0.05, 0) is 0 Å². The van der Waals surface area contributed by atoms with E-state index in [4.69, 9.17) is 10.5 Å². The van der Waals surface area contributed by atoms with Crippen molar-refractivity contribution in [3.63, 3.8) is 0 Å². The number of nitrogens with two attached hydrogens (primary N) is 1. The van der Waals surface area contributed by atoms with Gasteiger partial charge in [0.25, 0.3) is 15.6 Å². The molecule has 0 spiro atoms. The Labute approximate surface area is 285 Å². The number of ether oxygens (including phenoxy) is 1. The number of aromatic nitrogens is 4. The summed E-state index contributed by atoms with van der Waals surface area (Å²) in [5.74, 6) is 0.0195. The van der Waals surface area contributed by atoms with Crippen molar-refractivity contribution in [3.8, 4) is 0 Å². The first-order valence-corrected chi connectivity index (χ1v) is 12.2. The van der Waals surface area contributed by atoms with E-state index in [1.165, 1.54) is 4.57 Å². The number of aliphatic hydroxyl groups is 2. The Bertz CT molecular complexity index is 1120. The predicted octanol–water partition coefficient (Wildman–Crippen LogP) is -16.1. The molecule has 1 aliphatic rings. The van der Waals surface area contributed by atoms with Gasteiger partial charge < -0.3 is 49.3 Å². The van der Waals surface area contributed by atoms with Crippen LogP contribution in [0.2, 0.25) is 0 Å². The van der Waals surface area contributed by atoms with Crippen molar-refractivity contribution in [1.82, 2.24) is 19.5 Å². The van der Waals surface area contributed by atoms with E-state index in [0.29, 0.717) is 0 Å². The summed E-state index contributed by atoms with van der Waals surface area (Å²) in [6, 6.07) is 0. The molecule has 1 fully saturated rings. The third-order valence-electron chi connectivity index (χ3n) is 3.80. The molecular weight excluding hydrogens is 583 g/mol. The van der Waals surface area contributed by atoms with Gasteiger partial charge in [-0.3, -0.25) is 18.0 Å². The third kappa shape index (κ3) is 10.9. The van der Waals surface area contributed by atoms with Crippen LogP contribution in [-0.2, 0) is 31.6 Å². The SMILES string of the molecule is Nc1ncnc2c1ncn2[C@@H]1O[C@H](COP(=O)([O-])OP(=O)([O-])OP(=O)([O-])[O-])[C@H](O)[C@@H]1O.[Na+].[Na+].[Na+].[Na+]. The van der Waals surface area contributed by atoms with Gasteiger partial charge in [-0.15, -0.1) is 0 Å². The molecule has 3 rings (SSSR count). The standard InChI is InChI=1S/C10H16N5O13P3.4Na/c11-8-5-9(13-2-12-8)15(3-14-5)10-7(17)6(16)4(26-10)1-25-30(21,22)28-31(23,24)27-29(18,19)20;;;;/h2-4,6-7,10,16-17H,1H2,(H,21,22)(H,23,24)(H2,11,12,13)(H2,18,19,20);;;;/q;4*+1/p-4/t4-,6+,7+,10-;;;;/m1..../s1. The number of nitrogens with zero attached hydrogens (tertiary/aromatic N) is 4. The zero-order valence-corrected chi connectivity index (χ0v) is 29.4. The van der Waals surface area contributed by atoms with E-state index in [9.17, 15) is 43.5 Å². The summed E-state index contributed by atoms with van der Waals surface area (Å²) in [6.45, 7) is -1.08. The molecule has 0 amide bonds. The summed E-state index contributed by atoms with van der Waals surface area (Å²) in [5, 5.41) is 20.3. The molecule has 0 saturated carbocycles. The van der Waals surface area contributed by atoms with Crippen LogP contribution in [0.1, 0.15) is 6.23 Å². The Morgan fingerprint density at radius 2 is 1.57 bits per heavy atom. The minimum Gasteiger partial charge on any atom is -0.790 e. The van der Waals surface area contributed by atoms with Crippen molar-refractivity contribution in [3.05, 3.63) is 12.7 Å². The number of nitrogen functional groups attached to an aromatic ring is 1. The summed E-state index contributed by atoms with van der Waals surface area (Å²) in [4.78, 5) is 54.9. The van der Waals surface area contributed by atoms with Crippen LogP contribution in [0, 0.1) is 0 Å². The molecule has 1 saturated heterocycles. The van der Waals surface area contributed by atoms with Gasteiger partial charge in [-0.2, -0.15) is 0 Å². The van der Waals surface area contributed by atoms with Crippen LogP contribution in [0.15, 0.2) is 12.7 Å². The second kappa shape index (κ2) is 15.6. The van der Waals surface area contributed by atoms with Crippen LogP contribution in [-0.4, -0.2) is 54.7 Å². The fourth-order valence-corrected chi connectivity index (χ4v) is 5.47. The van der Waals surface area contributed by atoms with E-state index in [1.807, 2.05) is 0 Å². The maximum atomic E-state index is 11.6. The van der Waals surface area contributed by atoms with Crippen LogP contribution in [0.5, 0.6) is 0 Å². The molecule has 3 heterocycles. The van der Waals surface area contributed by atoms with Crippen molar-refractivity contribution in [2.45, 2.75) is 24.5 Å². The van der Waals surface area contributed by atoms with Crippen molar-refractivity contribution >= 4 is 40.4 Å². The number of fused-ring (bicyclic) bond motifs is 1. The molecule has 2 aromatic heterocycles. The third-order valence-corrected chi connectivity index (χ3v) is 7.46. The van der Waals surface area contributed by atoms with E-state index < -0.39 is 54.6 Å². The van der Waals surface area contributed by atoms with Crippen molar-refractivity contribution < 1.29 is 180 Å². The minimum atomic E-state index is -6.14. The Morgan fingerprint density at radius 1 is 0.971 bits per heavy atom. The van der Waals surface area contributed by atoms with Gasteiger partial charge in [0, 0.05) is 0 Å². The molecule has 0 aliphatic carbocycles. The van der Waals surface area contributed by atoms with Crippen LogP contribution in [0.4, 0.5) is 5.82 Å². The molecule has 2 aromatic rings. The molecule has 6 atom stereocenters. The number of aliphatic hydroxyl groups excluding tert-OH is 2. The summed E-state index contributed by atoms with van der Waals surface area (Å²) in [5.41, 5.74) is 5.92. The zero-order chi connectivity index (χ0) is 23.2. The van der Waals surface area contributed by atoms with E-state index in [1.54, 1.807) is 0 Å². The Morgan fingerprint density at radius 3 is 2.14 bits per heavy atom. The van der Waals surface area contributed by atoms with Gasteiger partial charge >= 0.3 is 118 Å². The van der Waals surface area contributed by atoms with Gasteiger partial charge in [0.1, 0.15) is 30.2 Å². The normalized spacial score (nSPS) is 25.2. The molecule has 0 bridgehead atoms. The van der Waals surface area contributed by atoms with E-state index in [-0.39, 0.29) is 135 Å². The van der Waals surface area contributed by atoms with Gasteiger partial charge in [0.2, 0.25) is 0 Å². The van der Waals surface area contributed by atoms with Crippen LogP contribution < -0.4 is 144 Å². The smallest absolute Gasteiger partial charge is 0.790 e. The molecule has 2 unspecified atom stereocenters. The van der Waals surface area contributed by atoms with Crippen LogP contribution in [0.3, 0.4) is 0 Å². The summed E-state index contributed by atoms with van der Waals surface area (Å²) < 4.78 is 50.2. The molecule has 25 heteroatoms. The van der Waals surface area contributed by atoms with Crippen molar-refractivity contribution in [2.75, 3.05) is 12.3 Å². The maximum absolute atomic E-state index is 11.6. The number of hydrogen-bond acceptors (Lipinski definition) is 17. The molecule has 35 heavy (non-hydrogen) atoms. The number of phosphoric ester groups is 1. The monoisotopic (exact) mass is 595 g/mol. The first-order valence-electron chi connectivity index (χ1n) is 7.85. The zero-order valence-electron chi connectivity index (χ0n) is 18.8. The van der Waals surface area contributed by atoms with Gasteiger partial charge in [0.15, 0.2) is 17.7 Å². The predicted molar refractivity (Wildman–Crippen MR) is 86.6 cm³/mol. The number of phosphoric acid groups is 3. The second-order valence-corrected chi connectivity index (χ2v) is 10.2. The fraction of sp³-hybridized carbons (Fsp3) is 0.500. The van der Waals surface area contributed by atoms with Crippen molar-refractivity contribution in [2.24, 2.45) is 0 Å². The van der Waals surface area contributed by atoms with E-state index >= 15 is 0 Å². The van der Waals surface area contributed by atoms with Crippen LogP contribution >= 0.6 is 23.5 Å². The molecule has 4 N–H and O–H groups in total. The summed E-state index contributed by atoms with van der Waals surface area (Å²) in [6.07, 6.45) is -3.99. The number of hydrogen-bond donors (Lipinski definition) is 3. The first-order chi connectivity index (χ1) is 14.2. The molecule has 0 radical (unpaired) electrons. The molecule has 18 nitrogen and oxygen atoms in total. The van der Waals surface area contributed by atoms with E-state index in [2.05, 4.69) is 28.1 Å². The summed E-state index contributed by atoms with van der Waals surface area (Å²) in [7, 11) is -18.1. The average Bonchev–Trinajstić information content (AvgIpc) is 3.13. The number of rotatable bonds is 8. The number of anilines is 1. The Balaban J connectivity index is 0. The first kappa shape index (κ1) is 39.8. The van der Waals surface area contributed by atoms with Crippen molar-refractivity contribution in [1.29, 1.82) is 0 Å². The fourth-order valence-electron chi connectivity index (χ4n) is 2.60. The average molecular weight is 595 g/mol. The second-order valence-electron chi connectivity index (χ2n) is 5.93. The van der Waals surface area contributed by atoms with E-state index in [0.717, 1.165) is 12.7 Å². The van der Waals surface area contributed by atoms with Gasteiger partial charge in [0.05, 0.1) is 20.8 Å². The maximum Gasteiger partial charge on any atom is 1.00 e. The number of imidazole rings is 1. The molecular formula is C10H12N5Na4O13P3. The van der Waals surface area contributed by atoms with Gasteiger partial charge in [-0.1, -0.05) is 0 Å². The largest absolute Gasteiger partial charge is 1.00 e. The molecule has 0 aromatic carbocycles. The van der Waals surface area contributed by atoms with Gasteiger partial charge in [-0.25, -0.2) is 19.3 Å². The quantitative estimate of drug-likeness (QED) is 0.188. The molecule has 1 aliphatic heterocycles. The Kier molecular flexibility index (Phi) is 17.7. The summed E-state index contributed by atoms with van der Waals surface area (Å²) >= 11 is 0.